The summed E-state index contributed by atoms with van der Waals surface area (Å²) in [6.07, 6.45) is 1.97. The number of nitrogens with two attached hydrogens (primary N) is 1. The molecule has 5 heteroatoms. The first kappa shape index (κ1) is 14.9. The second kappa shape index (κ2) is 6.33. The van der Waals surface area contributed by atoms with Crippen molar-refractivity contribution in [3.8, 4) is 0 Å². The summed E-state index contributed by atoms with van der Waals surface area (Å²) in [6, 6.07) is 8.39. The third-order valence-electron chi connectivity index (χ3n) is 3.00. The summed E-state index contributed by atoms with van der Waals surface area (Å²) in [6.45, 7) is 4.35. The highest BCUT2D eigenvalue weighted by Crippen LogP contribution is 2.41. The fourth-order valence-electron chi connectivity index (χ4n) is 1.90. The number of rotatable bonds is 5. The largest absolute Gasteiger partial charge is 0.396 e. The van der Waals surface area contributed by atoms with E-state index in [2.05, 4.69) is 36.5 Å². The van der Waals surface area contributed by atoms with Gasteiger partial charge in [-0.05, 0) is 18.7 Å². The van der Waals surface area contributed by atoms with Crippen molar-refractivity contribution in [3.05, 3.63) is 40.3 Å². The summed E-state index contributed by atoms with van der Waals surface area (Å²) >= 11 is 3.00. The number of anilines is 2. The van der Waals surface area contributed by atoms with Crippen LogP contribution in [-0.4, -0.2) is 12.0 Å². The number of hydrogen-bond donors (Lipinski definition) is 2. The van der Waals surface area contributed by atoms with Crippen LogP contribution in [0.5, 0.6) is 0 Å². The fourth-order valence-corrected chi connectivity index (χ4v) is 3.82. The Kier molecular flexibility index (Phi) is 4.73. The molecule has 3 N–H and O–H groups in total. The minimum absolute atomic E-state index is 0.0196. The molecule has 0 saturated heterocycles. The first-order valence-electron chi connectivity index (χ1n) is 6.29. The molecule has 106 valence electrons. The van der Waals surface area contributed by atoms with Gasteiger partial charge in [0, 0.05) is 13.5 Å². The van der Waals surface area contributed by atoms with Gasteiger partial charge in [0.2, 0.25) is 0 Å². The molecule has 1 heterocycles. The number of ketones is 1. The Bertz CT molecular complexity index is 618. The third-order valence-corrected chi connectivity index (χ3v) is 5.22. The van der Waals surface area contributed by atoms with Crippen molar-refractivity contribution < 1.29 is 4.79 Å². The molecule has 0 bridgehead atoms. The maximum absolute atomic E-state index is 11.6. The van der Waals surface area contributed by atoms with E-state index in [-0.39, 0.29) is 5.78 Å². The van der Waals surface area contributed by atoms with Crippen LogP contribution in [0.3, 0.4) is 0 Å². The number of nitrogen functional groups attached to an aromatic ring is 1. The molecule has 1 aromatic carbocycles. The van der Waals surface area contributed by atoms with Crippen LogP contribution in [0.1, 0.15) is 27.7 Å². The van der Waals surface area contributed by atoms with E-state index in [4.69, 9.17) is 5.73 Å². The van der Waals surface area contributed by atoms with Crippen LogP contribution in [-0.2, 0) is 6.54 Å². The van der Waals surface area contributed by atoms with E-state index in [1.54, 1.807) is 18.7 Å². The maximum atomic E-state index is 11.6. The van der Waals surface area contributed by atoms with Gasteiger partial charge < -0.3 is 11.1 Å². The number of aryl methyl sites for hydroxylation is 1. The number of carbonyl (C=O) groups is 1. The molecular formula is C15H18N2OS2. The van der Waals surface area contributed by atoms with Gasteiger partial charge in [-0.3, -0.25) is 4.79 Å². The number of carbonyl (C=O) groups excluding carboxylic acids is 1. The Morgan fingerprint density at radius 1 is 1.35 bits per heavy atom. The van der Waals surface area contributed by atoms with Gasteiger partial charge in [0.25, 0.3) is 0 Å². The van der Waals surface area contributed by atoms with Crippen molar-refractivity contribution in [3.63, 3.8) is 0 Å². The number of benzene rings is 1. The third kappa shape index (κ3) is 3.16. The lowest BCUT2D eigenvalue weighted by atomic mass is 10.1. The van der Waals surface area contributed by atoms with E-state index in [1.165, 1.54) is 22.5 Å². The second-order valence-corrected chi connectivity index (χ2v) is 6.44. The van der Waals surface area contributed by atoms with Gasteiger partial charge in [-0.25, -0.2) is 0 Å². The Morgan fingerprint density at radius 2 is 2.00 bits per heavy atom. The van der Waals surface area contributed by atoms with E-state index >= 15 is 0 Å². The predicted molar refractivity (Wildman–Crippen MR) is 89.0 cm³/mol. The van der Waals surface area contributed by atoms with Crippen LogP contribution < -0.4 is 11.1 Å². The summed E-state index contributed by atoms with van der Waals surface area (Å²) < 4.78 is 0. The van der Waals surface area contributed by atoms with Crippen LogP contribution >= 0.6 is 23.1 Å². The molecular weight excluding hydrogens is 288 g/mol. The number of nitrogens with one attached hydrogen (secondary N) is 1. The minimum atomic E-state index is 0.0196. The molecule has 1 aromatic heterocycles. The second-order valence-electron chi connectivity index (χ2n) is 4.60. The van der Waals surface area contributed by atoms with Crippen LogP contribution in [0.15, 0.2) is 29.2 Å². The summed E-state index contributed by atoms with van der Waals surface area (Å²) in [5, 5.41) is 4.35. The van der Waals surface area contributed by atoms with E-state index in [1.807, 2.05) is 6.26 Å². The van der Waals surface area contributed by atoms with Gasteiger partial charge in [-0.2, -0.15) is 0 Å². The molecule has 0 aliphatic carbocycles. The van der Waals surface area contributed by atoms with E-state index in [0.717, 1.165) is 16.4 Å². The van der Waals surface area contributed by atoms with Gasteiger partial charge in [-0.1, -0.05) is 29.8 Å². The Morgan fingerprint density at radius 3 is 2.55 bits per heavy atom. The van der Waals surface area contributed by atoms with E-state index < -0.39 is 0 Å². The van der Waals surface area contributed by atoms with Crippen LogP contribution in [0.2, 0.25) is 0 Å². The van der Waals surface area contributed by atoms with Crippen molar-refractivity contribution in [2.45, 2.75) is 25.3 Å². The molecule has 0 amide bonds. The average molecular weight is 306 g/mol. The molecule has 0 spiro atoms. The summed E-state index contributed by atoms with van der Waals surface area (Å²) in [7, 11) is 0. The lowest BCUT2D eigenvalue weighted by molar-refractivity contribution is 0.102. The van der Waals surface area contributed by atoms with Gasteiger partial charge in [0.15, 0.2) is 5.78 Å². The van der Waals surface area contributed by atoms with Crippen molar-refractivity contribution in [2.75, 3.05) is 17.3 Å². The highest BCUT2D eigenvalue weighted by Gasteiger charge is 2.17. The molecule has 3 nitrogen and oxygen atoms in total. The number of thiophene rings is 1. The van der Waals surface area contributed by atoms with Crippen LogP contribution in [0.4, 0.5) is 10.7 Å². The van der Waals surface area contributed by atoms with Crippen molar-refractivity contribution in [2.24, 2.45) is 0 Å². The first-order chi connectivity index (χ1) is 9.52. The summed E-state index contributed by atoms with van der Waals surface area (Å²) in [5.41, 5.74) is 9.09. The number of hydrogen-bond acceptors (Lipinski definition) is 5. The average Bonchev–Trinajstić information content (AvgIpc) is 2.74. The smallest absolute Gasteiger partial charge is 0.171 e. The van der Waals surface area contributed by atoms with Crippen LogP contribution in [0, 0.1) is 6.92 Å². The quantitative estimate of drug-likeness (QED) is 0.643. The Hall–Kier alpha value is -1.46. The standard InChI is InChI=1S/C15H18N2OS2/c1-9-4-6-11(7-5-9)8-17-15-14(19-3)12(16)13(20-15)10(2)18/h4-7,17H,8,16H2,1-3H3. The molecule has 0 fully saturated rings. The minimum Gasteiger partial charge on any atom is -0.396 e. The molecule has 2 aromatic rings. The van der Waals surface area contributed by atoms with Gasteiger partial charge in [0.05, 0.1) is 15.5 Å². The predicted octanol–water partition coefficient (Wildman–Crippen LogP) is 4.18. The zero-order chi connectivity index (χ0) is 14.7. The van der Waals surface area contributed by atoms with E-state index in [0.29, 0.717) is 10.6 Å². The molecule has 0 aliphatic heterocycles. The highest BCUT2D eigenvalue weighted by atomic mass is 32.2. The summed E-state index contributed by atoms with van der Waals surface area (Å²) in [5.74, 6) is 0.0196. The molecule has 2 rings (SSSR count). The zero-order valence-corrected chi connectivity index (χ0v) is 13.5. The number of Topliss-reactive ketones (excluding diaryl/α,β-unsaturated/α-hetero) is 1. The SMILES string of the molecule is CSc1c(NCc2ccc(C)cc2)sc(C(C)=O)c1N. The van der Waals surface area contributed by atoms with Crippen molar-refractivity contribution in [1.29, 1.82) is 0 Å². The monoisotopic (exact) mass is 306 g/mol. The molecule has 0 radical (unpaired) electrons. The van der Waals surface area contributed by atoms with Gasteiger partial charge in [-0.15, -0.1) is 23.1 Å². The maximum Gasteiger partial charge on any atom is 0.171 e. The lowest BCUT2D eigenvalue weighted by Crippen LogP contribution is -1.99. The van der Waals surface area contributed by atoms with Crippen molar-refractivity contribution in [1.82, 2.24) is 0 Å². The molecule has 20 heavy (non-hydrogen) atoms. The molecule has 0 unspecified atom stereocenters. The summed E-state index contributed by atoms with van der Waals surface area (Å²) in [4.78, 5) is 13.2. The van der Waals surface area contributed by atoms with Crippen LogP contribution in [0.25, 0.3) is 0 Å². The normalized spacial score (nSPS) is 10.6. The molecule has 0 saturated carbocycles. The number of thioether (sulfide) groups is 1. The Labute approximate surface area is 127 Å². The highest BCUT2D eigenvalue weighted by molar-refractivity contribution is 7.99. The van der Waals surface area contributed by atoms with Gasteiger partial charge in [0.1, 0.15) is 5.00 Å². The fraction of sp³-hybridized carbons (Fsp3) is 0.267. The lowest BCUT2D eigenvalue weighted by Gasteiger charge is -2.06. The van der Waals surface area contributed by atoms with Gasteiger partial charge >= 0.3 is 0 Å². The van der Waals surface area contributed by atoms with Crippen molar-refractivity contribution >= 4 is 39.6 Å². The first-order valence-corrected chi connectivity index (χ1v) is 8.33. The topological polar surface area (TPSA) is 55.1 Å². The zero-order valence-electron chi connectivity index (χ0n) is 11.8. The molecule has 0 aliphatic rings. The van der Waals surface area contributed by atoms with E-state index in [9.17, 15) is 4.79 Å². The molecule has 0 atom stereocenters. The Balaban J connectivity index is 2.18.